The van der Waals surface area contributed by atoms with E-state index in [9.17, 15) is 0 Å². The number of aryl methyl sites for hydroxylation is 2. The number of aromatic amines is 2. The summed E-state index contributed by atoms with van der Waals surface area (Å²) >= 11 is 0. The fourth-order valence-electron chi connectivity index (χ4n) is 5.96. The monoisotopic (exact) mass is 550 g/mol. The van der Waals surface area contributed by atoms with Gasteiger partial charge in [-0.25, -0.2) is 19.9 Å². The van der Waals surface area contributed by atoms with E-state index in [2.05, 4.69) is 63.6 Å². The number of nitrogens with one attached hydrogen (secondary N) is 2. The quantitative estimate of drug-likeness (QED) is 0.340. The Morgan fingerprint density at radius 1 is 0.707 bits per heavy atom. The smallest absolute Gasteiger partial charge is 0.233 e. The van der Waals surface area contributed by atoms with E-state index in [0.717, 1.165) is 76.1 Å². The second kappa shape index (κ2) is 11.7. The maximum atomic E-state index is 5.60. The van der Waals surface area contributed by atoms with Crippen molar-refractivity contribution in [3.05, 3.63) is 70.6 Å². The lowest BCUT2D eigenvalue weighted by atomic mass is 9.99. The van der Waals surface area contributed by atoms with Crippen molar-refractivity contribution >= 4 is 44.4 Å². The van der Waals surface area contributed by atoms with Crippen molar-refractivity contribution in [2.45, 2.75) is 67.2 Å². The van der Waals surface area contributed by atoms with Gasteiger partial charge in [0.2, 0.25) is 5.52 Å². The number of benzene rings is 1. The number of nitrogens with zero attached hydrogens (tertiary/aromatic N) is 3. The molecule has 0 amide bonds. The zero-order chi connectivity index (χ0) is 29.3. The van der Waals surface area contributed by atoms with Crippen LogP contribution in [0, 0.1) is 6.92 Å². The van der Waals surface area contributed by atoms with Gasteiger partial charge in [-0.2, -0.15) is 0 Å². The van der Waals surface area contributed by atoms with Gasteiger partial charge < -0.3 is 14.5 Å². The number of fused-ring (bicyclic) bond motifs is 7. The molecule has 0 unspecified atom stereocenters. The van der Waals surface area contributed by atoms with Crippen LogP contribution in [0.5, 0.6) is 11.5 Å². The van der Waals surface area contributed by atoms with Crippen LogP contribution in [0.1, 0.15) is 87.8 Å². The minimum absolute atomic E-state index is 0.615. The topological polar surface area (TPSA) is 87.1 Å². The molecule has 212 valence electrons. The van der Waals surface area contributed by atoms with E-state index >= 15 is 0 Å². The Hall–Kier alpha value is -4.26. The largest absolute Gasteiger partial charge is 0.493 e. The lowest BCUT2D eigenvalue weighted by molar-refractivity contribution is -0.342. The fraction of sp³-hybridized carbons (Fsp3) is 0.353. The van der Waals surface area contributed by atoms with Crippen LogP contribution in [0.15, 0.2) is 36.7 Å². The lowest BCUT2D eigenvalue weighted by Crippen LogP contribution is -2.02. The zero-order valence-electron chi connectivity index (χ0n) is 25.5. The molecule has 7 heteroatoms. The van der Waals surface area contributed by atoms with Crippen LogP contribution >= 0.6 is 0 Å². The van der Waals surface area contributed by atoms with Gasteiger partial charge in [-0.3, -0.25) is 0 Å². The highest BCUT2D eigenvalue weighted by atomic mass is 16.5. The second-order valence-corrected chi connectivity index (χ2v) is 10.4. The normalized spacial score (nSPS) is 13.1. The van der Waals surface area contributed by atoms with E-state index < -0.39 is 0 Å². The number of rotatable bonds is 6. The Labute approximate surface area is 242 Å². The number of H-pyrrole nitrogens is 2. The number of hydrogen-bond acceptors (Lipinski definition) is 5. The van der Waals surface area contributed by atoms with Gasteiger partial charge in [-0.15, -0.1) is 0 Å². The van der Waals surface area contributed by atoms with Crippen molar-refractivity contribution in [1.29, 1.82) is 0 Å². The van der Waals surface area contributed by atoms with Crippen LogP contribution < -0.4 is 14.5 Å². The van der Waals surface area contributed by atoms with Crippen LogP contribution in [0.3, 0.4) is 0 Å². The van der Waals surface area contributed by atoms with E-state index in [0.29, 0.717) is 11.5 Å². The van der Waals surface area contributed by atoms with Crippen molar-refractivity contribution in [3.8, 4) is 11.5 Å². The molecule has 6 bridgehead atoms. The first kappa shape index (κ1) is 28.3. The van der Waals surface area contributed by atoms with Crippen molar-refractivity contribution in [1.82, 2.24) is 19.9 Å². The molecule has 0 radical (unpaired) electrons. The summed E-state index contributed by atoms with van der Waals surface area (Å²) in [7, 11) is 3.27. The molecule has 2 N–H and O–H groups in total. The molecular formula is C34H40N5O2+. The molecule has 0 saturated carbocycles. The van der Waals surface area contributed by atoms with Gasteiger partial charge in [-0.05, 0) is 85.1 Å². The van der Waals surface area contributed by atoms with Gasteiger partial charge in [-0.1, -0.05) is 27.7 Å². The molecule has 0 saturated heterocycles. The van der Waals surface area contributed by atoms with Crippen LogP contribution in [0.2, 0.25) is 0 Å². The average molecular weight is 551 g/mol. The van der Waals surface area contributed by atoms with E-state index in [1.165, 1.54) is 27.8 Å². The summed E-state index contributed by atoms with van der Waals surface area (Å²) in [4.78, 5) is 22.3. The molecule has 0 fully saturated rings. The lowest BCUT2D eigenvalue weighted by Gasteiger charge is -2.05. The summed E-state index contributed by atoms with van der Waals surface area (Å²) in [6.07, 6.45) is 7.48. The predicted molar refractivity (Wildman–Crippen MR) is 167 cm³/mol. The number of aromatic nitrogens is 5. The highest BCUT2D eigenvalue weighted by Crippen LogP contribution is 2.37. The van der Waals surface area contributed by atoms with E-state index in [-0.39, 0.29) is 0 Å². The van der Waals surface area contributed by atoms with Crippen LogP contribution in [-0.4, -0.2) is 34.2 Å². The van der Waals surface area contributed by atoms with Gasteiger partial charge in [0.25, 0.3) is 0 Å². The molecule has 2 aliphatic heterocycles. The van der Waals surface area contributed by atoms with Crippen molar-refractivity contribution < 1.29 is 14.5 Å². The molecule has 0 atom stereocenters. The van der Waals surface area contributed by atoms with Crippen molar-refractivity contribution in [2.24, 2.45) is 0 Å². The Kier molecular flexibility index (Phi) is 8.06. The SMILES string of the molecule is CCC1=C(C)c2cnc3cc(OC)c(OC)cc3[nH+]cc3[nH]c(cc4nc(cc1n2)C(CC)=C4CC)c(CC)c3C. The Morgan fingerprint density at radius 2 is 1.32 bits per heavy atom. The van der Waals surface area contributed by atoms with Crippen LogP contribution in [0.25, 0.3) is 44.4 Å². The van der Waals surface area contributed by atoms with Crippen molar-refractivity contribution in [2.75, 3.05) is 14.2 Å². The Bertz CT molecular complexity index is 1780. The minimum Gasteiger partial charge on any atom is -0.493 e. The summed E-state index contributed by atoms with van der Waals surface area (Å²) in [5, 5.41) is 0. The first-order chi connectivity index (χ1) is 19.9. The van der Waals surface area contributed by atoms with Crippen molar-refractivity contribution in [3.63, 3.8) is 0 Å². The average Bonchev–Trinajstić information content (AvgIpc) is 3.58. The molecule has 1 aromatic carbocycles. The third kappa shape index (κ3) is 5.05. The molecule has 0 spiro atoms. The number of methoxy groups -OCH3 is 2. The second-order valence-electron chi connectivity index (χ2n) is 10.4. The van der Waals surface area contributed by atoms with E-state index in [1.807, 2.05) is 24.5 Å². The third-order valence-corrected chi connectivity index (χ3v) is 8.23. The van der Waals surface area contributed by atoms with Gasteiger partial charge in [0.05, 0.1) is 49.3 Å². The number of ether oxygens (including phenoxy) is 2. The summed E-state index contributed by atoms with van der Waals surface area (Å²) in [6, 6.07) is 8.19. The summed E-state index contributed by atoms with van der Waals surface area (Å²) in [5.74, 6) is 1.24. The Morgan fingerprint density at radius 3 is 1.95 bits per heavy atom. The Balaban J connectivity index is 1.96. The van der Waals surface area contributed by atoms with Crippen LogP contribution in [-0.2, 0) is 6.42 Å². The maximum absolute atomic E-state index is 5.60. The highest BCUT2D eigenvalue weighted by molar-refractivity contribution is 5.95. The number of hydrogen-bond donors (Lipinski definition) is 1. The molecular weight excluding hydrogens is 510 g/mol. The molecule has 7 nitrogen and oxygen atoms in total. The summed E-state index contributed by atoms with van der Waals surface area (Å²) in [6.45, 7) is 13.1. The first-order valence-electron chi connectivity index (χ1n) is 14.5. The molecule has 5 rings (SSSR count). The van der Waals surface area contributed by atoms with E-state index in [1.54, 1.807) is 14.2 Å². The van der Waals surface area contributed by atoms with Gasteiger partial charge in [0.15, 0.2) is 17.7 Å². The molecule has 2 aliphatic rings. The third-order valence-electron chi connectivity index (χ3n) is 8.23. The van der Waals surface area contributed by atoms with Gasteiger partial charge >= 0.3 is 0 Å². The van der Waals surface area contributed by atoms with Crippen LogP contribution in [0.4, 0.5) is 0 Å². The predicted octanol–water partition coefficient (Wildman–Crippen LogP) is 7.72. The summed E-state index contributed by atoms with van der Waals surface area (Å²) < 4.78 is 11.2. The fourth-order valence-corrected chi connectivity index (χ4v) is 5.96. The first-order valence-corrected chi connectivity index (χ1v) is 14.5. The molecule has 41 heavy (non-hydrogen) atoms. The highest BCUT2D eigenvalue weighted by Gasteiger charge is 2.21. The molecule has 0 aliphatic carbocycles. The number of allylic oxidation sites excluding steroid dienone is 4. The van der Waals surface area contributed by atoms with Gasteiger partial charge in [0, 0.05) is 11.6 Å². The summed E-state index contributed by atoms with van der Waals surface area (Å²) in [5.41, 5.74) is 14.9. The van der Waals surface area contributed by atoms with E-state index in [4.69, 9.17) is 24.4 Å². The van der Waals surface area contributed by atoms with Gasteiger partial charge in [0.1, 0.15) is 11.0 Å². The standard InChI is InChI=1S/C34H39N5O2/c1-9-21-19(5)31-17-35-29-15-33(40-7)34(41-8)16-30(29)36-18-32-20(6)22(10-2)26(39-32)14-28-24(12-4)23(11-3)27(37-28)13-25(21)38-31/h13-18,38H,9-12H2,1-8H3/p+1. The molecule has 2 aromatic heterocycles. The molecule has 4 heterocycles. The molecule has 3 aromatic rings. The maximum Gasteiger partial charge on any atom is 0.233 e. The minimum atomic E-state index is 0.615. The zero-order valence-corrected chi connectivity index (χ0v) is 25.5.